The van der Waals surface area contributed by atoms with Gasteiger partial charge in [0, 0.05) is 30.2 Å². The zero-order valence-electron chi connectivity index (χ0n) is 12.6. The van der Waals surface area contributed by atoms with Crippen LogP contribution in [0.5, 0.6) is 0 Å². The van der Waals surface area contributed by atoms with Crippen molar-refractivity contribution < 1.29 is 9.53 Å². The minimum atomic E-state index is -0.199. The Kier molecular flexibility index (Phi) is 5.88. The van der Waals surface area contributed by atoms with Crippen LogP contribution in [0.1, 0.15) is 38.3 Å². The summed E-state index contributed by atoms with van der Waals surface area (Å²) in [4.78, 5) is 13.4. The number of amides is 1. The van der Waals surface area contributed by atoms with Crippen molar-refractivity contribution in [1.29, 1.82) is 0 Å². The van der Waals surface area contributed by atoms with Gasteiger partial charge in [-0.15, -0.1) is 0 Å². The predicted molar refractivity (Wildman–Crippen MR) is 84.6 cm³/mol. The molecule has 116 valence electrons. The van der Waals surface area contributed by atoms with Crippen LogP contribution in [0, 0.1) is 0 Å². The van der Waals surface area contributed by atoms with E-state index in [1.165, 1.54) is 0 Å². The molecule has 1 aliphatic rings. The summed E-state index contributed by atoms with van der Waals surface area (Å²) >= 11 is 6.23. The molecule has 1 atom stereocenters. The summed E-state index contributed by atoms with van der Waals surface area (Å²) in [6, 6.07) is 8.52. The van der Waals surface area contributed by atoms with Crippen molar-refractivity contribution in [2.24, 2.45) is 0 Å². The molecular formula is C16H23ClN2O2. The average molecular weight is 311 g/mol. The number of nitrogens with zero attached hydrogens (tertiary/aromatic N) is 1. The largest absolute Gasteiger partial charge is 0.450 e. The molecule has 0 saturated carbocycles. The van der Waals surface area contributed by atoms with Gasteiger partial charge in [0.05, 0.1) is 6.61 Å². The van der Waals surface area contributed by atoms with Gasteiger partial charge in [-0.3, -0.25) is 0 Å². The van der Waals surface area contributed by atoms with Crippen molar-refractivity contribution >= 4 is 17.7 Å². The Morgan fingerprint density at radius 1 is 1.43 bits per heavy atom. The van der Waals surface area contributed by atoms with Crippen LogP contribution >= 0.6 is 11.6 Å². The third-order valence-electron chi connectivity index (χ3n) is 3.88. The third kappa shape index (κ3) is 4.35. The first-order valence-electron chi connectivity index (χ1n) is 7.54. The molecule has 1 aliphatic heterocycles. The van der Waals surface area contributed by atoms with Gasteiger partial charge in [-0.2, -0.15) is 0 Å². The Labute approximate surface area is 131 Å². The number of ether oxygens (including phenoxy) is 1. The summed E-state index contributed by atoms with van der Waals surface area (Å²) in [5, 5.41) is 4.40. The second-order valence-corrected chi connectivity index (χ2v) is 5.78. The minimum Gasteiger partial charge on any atom is -0.450 e. The monoisotopic (exact) mass is 310 g/mol. The Morgan fingerprint density at radius 2 is 2.10 bits per heavy atom. The number of carbonyl (C=O) groups excluding carboxylic acids is 1. The van der Waals surface area contributed by atoms with Crippen molar-refractivity contribution in [3.63, 3.8) is 0 Å². The molecule has 0 spiro atoms. The molecule has 0 aliphatic carbocycles. The summed E-state index contributed by atoms with van der Waals surface area (Å²) in [6.07, 6.45) is 1.68. The predicted octanol–water partition coefficient (Wildman–Crippen LogP) is 3.61. The van der Waals surface area contributed by atoms with Gasteiger partial charge in [-0.05, 0) is 38.3 Å². The summed E-state index contributed by atoms with van der Waals surface area (Å²) in [5.74, 6) is 0. The quantitative estimate of drug-likeness (QED) is 0.923. The number of benzene rings is 1. The van der Waals surface area contributed by atoms with E-state index in [1.807, 2.05) is 31.2 Å². The summed E-state index contributed by atoms with van der Waals surface area (Å²) in [6.45, 7) is 5.87. The number of piperidine rings is 1. The van der Waals surface area contributed by atoms with E-state index in [2.05, 4.69) is 12.2 Å². The Hall–Kier alpha value is -1.26. The van der Waals surface area contributed by atoms with Gasteiger partial charge in [0.15, 0.2) is 0 Å². The molecule has 1 amide bonds. The lowest BCUT2D eigenvalue weighted by atomic mass is 10.0. The lowest BCUT2D eigenvalue weighted by Crippen LogP contribution is -2.45. The number of likely N-dealkylation sites (tertiary alicyclic amines) is 1. The van der Waals surface area contributed by atoms with E-state index in [1.54, 1.807) is 4.90 Å². The van der Waals surface area contributed by atoms with Gasteiger partial charge in [-0.1, -0.05) is 29.8 Å². The van der Waals surface area contributed by atoms with Crippen LogP contribution in [-0.2, 0) is 4.74 Å². The fourth-order valence-electron chi connectivity index (χ4n) is 2.71. The lowest BCUT2D eigenvalue weighted by Gasteiger charge is -2.33. The van der Waals surface area contributed by atoms with Crippen molar-refractivity contribution in [1.82, 2.24) is 10.2 Å². The molecule has 1 aromatic rings. The van der Waals surface area contributed by atoms with E-state index >= 15 is 0 Å². The smallest absolute Gasteiger partial charge is 0.409 e. The summed E-state index contributed by atoms with van der Waals surface area (Å²) in [7, 11) is 0. The van der Waals surface area contributed by atoms with Crippen LogP contribution in [-0.4, -0.2) is 36.7 Å². The summed E-state index contributed by atoms with van der Waals surface area (Å²) < 4.78 is 5.03. The van der Waals surface area contributed by atoms with E-state index < -0.39 is 0 Å². The first-order valence-corrected chi connectivity index (χ1v) is 7.91. The molecule has 1 aromatic carbocycles. The van der Waals surface area contributed by atoms with Crippen LogP contribution < -0.4 is 5.32 Å². The number of hydrogen-bond acceptors (Lipinski definition) is 3. The van der Waals surface area contributed by atoms with Gasteiger partial charge in [0.25, 0.3) is 0 Å². The van der Waals surface area contributed by atoms with Crippen LogP contribution in [0.4, 0.5) is 4.79 Å². The topological polar surface area (TPSA) is 41.6 Å². The molecule has 0 bridgehead atoms. The SMILES string of the molecule is CCOC(=O)N1CCC(N[C@H](C)c2ccccc2Cl)CC1. The first kappa shape index (κ1) is 16.1. The molecule has 1 heterocycles. The highest BCUT2D eigenvalue weighted by Gasteiger charge is 2.24. The molecule has 2 rings (SSSR count). The van der Waals surface area contributed by atoms with E-state index in [0.717, 1.165) is 36.5 Å². The van der Waals surface area contributed by atoms with Gasteiger partial charge in [0.2, 0.25) is 0 Å². The first-order chi connectivity index (χ1) is 10.1. The molecule has 1 fully saturated rings. The number of hydrogen-bond donors (Lipinski definition) is 1. The van der Waals surface area contributed by atoms with Crippen LogP contribution in [0.2, 0.25) is 5.02 Å². The van der Waals surface area contributed by atoms with Gasteiger partial charge in [0.1, 0.15) is 0 Å². The maximum absolute atomic E-state index is 11.7. The van der Waals surface area contributed by atoms with Crippen LogP contribution in [0.15, 0.2) is 24.3 Å². The number of rotatable bonds is 4. The number of carbonyl (C=O) groups is 1. The molecule has 21 heavy (non-hydrogen) atoms. The fraction of sp³-hybridized carbons (Fsp3) is 0.562. The summed E-state index contributed by atoms with van der Waals surface area (Å²) in [5.41, 5.74) is 1.12. The molecule has 0 unspecified atom stereocenters. The van der Waals surface area contributed by atoms with Crippen molar-refractivity contribution in [2.45, 2.75) is 38.8 Å². The molecule has 0 radical (unpaired) electrons. The Morgan fingerprint density at radius 3 is 2.71 bits per heavy atom. The number of halogens is 1. The normalized spacial score (nSPS) is 17.6. The third-order valence-corrected chi connectivity index (χ3v) is 4.22. The van der Waals surface area contributed by atoms with Crippen molar-refractivity contribution in [3.05, 3.63) is 34.9 Å². The molecular weight excluding hydrogens is 288 g/mol. The maximum atomic E-state index is 11.7. The van der Waals surface area contributed by atoms with Crippen LogP contribution in [0.25, 0.3) is 0 Å². The Bertz CT molecular complexity index is 473. The van der Waals surface area contributed by atoms with E-state index in [-0.39, 0.29) is 12.1 Å². The van der Waals surface area contributed by atoms with E-state index in [4.69, 9.17) is 16.3 Å². The van der Waals surface area contributed by atoms with Gasteiger partial charge < -0.3 is 15.0 Å². The Balaban J connectivity index is 1.83. The highest BCUT2D eigenvalue weighted by molar-refractivity contribution is 6.31. The second-order valence-electron chi connectivity index (χ2n) is 5.37. The van der Waals surface area contributed by atoms with Crippen molar-refractivity contribution in [3.8, 4) is 0 Å². The van der Waals surface area contributed by atoms with Gasteiger partial charge >= 0.3 is 6.09 Å². The second kappa shape index (κ2) is 7.66. The molecule has 4 nitrogen and oxygen atoms in total. The zero-order valence-corrected chi connectivity index (χ0v) is 13.4. The standard InChI is InChI=1S/C16H23ClN2O2/c1-3-21-16(20)19-10-8-13(9-11-19)18-12(2)14-6-4-5-7-15(14)17/h4-7,12-13,18H,3,8-11H2,1-2H3/t12-/m1/s1. The molecule has 1 saturated heterocycles. The van der Waals surface area contributed by atoms with E-state index in [0.29, 0.717) is 12.6 Å². The lowest BCUT2D eigenvalue weighted by molar-refractivity contribution is 0.0944. The van der Waals surface area contributed by atoms with Crippen molar-refractivity contribution in [2.75, 3.05) is 19.7 Å². The minimum absolute atomic E-state index is 0.199. The van der Waals surface area contributed by atoms with Gasteiger partial charge in [-0.25, -0.2) is 4.79 Å². The maximum Gasteiger partial charge on any atom is 0.409 e. The van der Waals surface area contributed by atoms with E-state index in [9.17, 15) is 4.79 Å². The highest BCUT2D eigenvalue weighted by atomic mass is 35.5. The molecule has 5 heteroatoms. The molecule has 1 N–H and O–H groups in total. The number of nitrogens with one attached hydrogen (secondary N) is 1. The zero-order chi connectivity index (χ0) is 15.2. The van der Waals surface area contributed by atoms with Crippen LogP contribution in [0.3, 0.4) is 0 Å². The average Bonchev–Trinajstić information content (AvgIpc) is 2.48. The fourth-order valence-corrected chi connectivity index (χ4v) is 3.01. The molecule has 0 aromatic heterocycles. The highest BCUT2D eigenvalue weighted by Crippen LogP contribution is 2.24.